The van der Waals surface area contributed by atoms with Crippen molar-refractivity contribution >= 4 is 11.4 Å². The predicted molar refractivity (Wildman–Crippen MR) is 103 cm³/mol. The van der Waals surface area contributed by atoms with Crippen LogP contribution in [0.5, 0.6) is 0 Å². The Hall–Kier alpha value is -1.37. The lowest BCUT2D eigenvalue weighted by atomic mass is 9.63. The van der Waals surface area contributed by atoms with E-state index in [9.17, 15) is 0 Å². The molecule has 1 heteroatoms. The maximum absolute atomic E-state index is 4.80. The van der Waals surface area contributed by atoms with E-state index in [1.807, 2.05) is 0 Å². The highest BCUT2D eigenvalue weighted by molar-refractivity contribution is 5.86. The van der Waals surface area contributed by atoms with Crippen molar-refractivity contribution in [3.05, 3.63) is 41.0 Å². The molecule has 0 saturated carbocycles. The van der Waals surface area contributed by atoms with E-state index in [2.05, 4.69) is 72.7 Å². The van der Waals surface area contributed by atoms with Gasteiger partial charge in [-0.1, -0.05) is 59.2 Å². The van der Waals surface area contributed by atoms with Crippen LogP contribution in [-0.4, -0.2) is 5.71 Å². The number of fused-ring (bicyclic) bond motifs is 1. The first-order chi connectivity index (χ1) is 10.7. The summed E-state index contributed by atoms with van der Waals surface area (Å²) < 4.78 is 0. The number of aliphatic imine (C=N–C) groups is 1. The van der Waals surface area contributed by atoms with E-state index in [0.29, 0.717) is 0 Å². The molecule has 0 N–H and O–H groups in total. The van der Waals surface area contributed by atoms with Crippen LogP contribution in [0.2, 0.25) is 0 Å². The van der Waals surface area contributed by atoms with Gasteiger partial charge in [-0.3, -0.25) is 4.99 Å². The Balaban J connectivity index is 2.56. The van der Waals surface area contributed by atoms with Crippen LogP contribution in [0.4, 0.5) is 0 Å². The number of benzene rings is 1. The van der Waals surface area contributed by atoms with E-state index in [-0.39, 0.29) is 10.8 Å². The highest BCUT2D eigenvalue weighted by atomic mass is 14.7. The smallest absolute Gasteiger partial charge is 0.0661 e. The second kappa shape index (κ2) is 6.63. The minimum absolute atomic E-state index is 0.252. The van der Waals surface area contributed by atoms with E-state index < -0.39 is 0 Å². The number of rotatable bonds is 4. The van der Waals surface area contributed by atoms with Crippen molar-refractivity contribution < 1.29 is 0 Å². The van der Waals surface area contributed by atoms with Crippen molar-refractivity contribution in [3.63, 3.8) is 0 Å². The molecule has 0 heterocycles. The Bertz CT molecular complexity index is 625. The van der Waals surface area contributed by atoms with E-state index in [1.54, 1.807) is 0 Å². The molecule has 0 aromatic heterocycles. The van der Waals surface area contributed by atoms with Gasteiger partial charge >= 0.3 is 0 Å². The first-order valence-electron chi connectivity index (χ1n) is 9.05. The van der Waals surface area contributed by atoms with Gasteiger partial charge in [0.2, 0.25) is 0 Å². The largest absolute Gasteiger partial charge is 0.258 e. The first kappa shape index (κ1) is 18.0. The Morgan fingerprint density at radius 3 is 2.22 bits per heavy atom. The fourth-order valence-corrected chi connectivity index (χ4v) is 3.50. The lowest BCUT2D eigenvalue weighted by Gasteiger charge is -2.42. The number of hydrogen-bond donors (Lipinski definition) is 0. The minimum Gasteiger partial charge on any atom is -0.258 e. The van der Waals surface area contributed by atoms with Gasteiger partial charge in [0.05, 0.1) is 5.70 Å². The lowest BCUT2D eigenvalue weighted by molar-refractivity contribution is 0.332. The van der Waals surface area contributed by atoms with E-state index in [0.717, 1.165) is 24.3 Å². The maximum atomic E-state index is 4.80. The Labute approximate surface area is 142 Å². The number of hydrogen-bond acceptors (Lipinski definition) is 1. The summed E-state index contributed by atoms with van der Waals surface area (Å²) in [4.78, 5) is 4.80. The van der Waals surface area contributed by atoms with Crippen LogP contribution in [0.1, 0.15) is 90.8 Å². The third-order valence-corrected chi connectivity index (χ3v) is 5.12. The van der Waals surface area contributed by atoms with Crippen molar-refractivity contribution in [3.8, 4) is 0 Å². The van der Waals surface area contributed by atoms with Gasteiger partial charge in [0, 0.05) is 11.3 Å². The number of allylic oxidation sites excluding steroid dienone is 1. The molecule has 1 aliphatic carbocycles. The highest BCUT2D eigenvalue weighted by Gasteiger charge is 2.37. The molecule has 0 bridgehead atoms. The molecule has 1 aliphatic rings. The van der Waals surface area contributed by atoms with Gasteiger partial charge in [-0.2, -0.15) is 0 Å². The van der Waals surface area contributed by atoms with Crippen molar-refractivity contribution in [2.24, 2.45) is 4.99 Å². The molecule has 0 aliphatic heterocycles. The summed E-state index contributed by atoms with van der Waals surface area (Å²) in [7, 11) is 0. The van der Waals surface area contributed by atoms with Crippen LogP contribution in [0.15, 0.2) is 29.3 Å². The van der Waals surface area contributed by atoms with Crippen molar-refractivity contribution in [2.45, 2.75) is 85.0 Å². The summed E-state index contributed by atoms with van der Waals surface area (Å²) in [6, 6.07) is 7.03. The molecular formula is C22H33N. The molecule has 2 rings (SSSR count). The summed E-state index contributed by atoms with van der Waals surface area (Å²) >= 11 is 0. The molecule has 1 aromatic rings. The van der Waals surface area contributed by atoms with Crippen molar-refractivity contribution in [1.82, 2.24) is 0 Å². The molecule has 0 spiro atoms. The summed E-state index contributed by atoms with van der Waals surface area (Å²) in [6.45, 7) is 15.9. The molecule has 1 nitrogen and oxygen atoms in total. The van der Waals surface area contributed by atoms with E-state index in [4.69, 9.17) is 4.99 Å². The summed E-state index contributed by atoms with van der Waals surface area (Å²) in [5, 5.41) is 0. The second-order valence-electron chi connectivity index (χ2n) is 8.47. The zero-order valence-electron chi connectivity index (χ0n) is 16.1. The number of nitrogens with zero attached hydrogens (tertiary/aromatic N) is 1. The minimum atomic E-state index is 0.252. The fourth-order valence-electron chi connectivity index (χ4n) is 3.50. The first-order valence-corrected chi connectivity index (χ1v) is 9.05. The molecule has 0 unspecified atom stereocenters. The predicted octanol–water partition coefficient (Wildman–Crippen LogP) is 6.66. The molecular weight excluding hydrogens is 278 g/mol. The van der Waals surface area contributed by atoms with Gasteiger partial charge in [0.25, 0.3) is 0 Å². The zero-order valence-corrected chi connectivity index (χ0v) is 16.1. The Kier molecular flexibility index (Phi) is 5.18. The summed E-state index contributed by atoms with van der Waals surface area (Å²) in [5.41, 5.74) is 7.08. The lowest BCUT2D eigenvalue weighted by Crippen LogP contribution is -2.33. The van der Waals surface area contributed by atoms with Gasteiger partial charge < -0.3 is 0 Å². The molecule has 0 amide bonds. The fraction of sp³-hybridized carbons (Fsp3) is 0.591. The van der Waals surface area contributed by atoms with Crippen molar-refractivity contribution in [2.75, 3.05) is 0 Å². The second-order valence-corrected chi connectivity index (χ2v) is 8.47. The maximum Gasteiger partial charge on any atom is 0.0661 e. The van der Waals surface area contributed by atoms with Gasteiger partial charge in [-0.15, -0.1) is 0 Å². The normalized spacial score (nSPS) is 19.2. The molecule has 0 radical (unpaired) electrons. The highest BCUT2D eigenvalue weighted by Crippen LogP contribution is 2.46. The van der Waals surface area contributed by atoms with Gasteiger partial charge in [-0.25, -0.2) is 0 Å². The van der Waals surface area contributed by atoms with Crippen LogP contribution in [0, 0.1) is 0 Å². The van der Waals surface area contributed by atoms with Gasteiger partial charge in [0.1, 0.15) is 0 Å². The van der Waals surface area contributed by atoms with Gasteiger partial charge in [0.15, 0.2) is 0 Å². The van der Waals surface area contributed by atoms with Crippen LogP contribution in [0.3, 0.4) is 0 Å². The Morgan fingerprint density at radius 2 is 1.65 bits per heavy atom. The third kappa shape index (κ3) is 3.94. The average molecular weight is 312 g/mol. The topological polar surface area (TPSA) is 12.4 Å². The van der Waals surface area contributed by atoms with Crippen LogP contribution in [0.25, 0.3) is 5.70 Å². The third-order valence-electron chi connectivity index (χ3n) is 5.12. The standard InChI is InChI=1S/C22H33N/c1-8-9-10-20(23-16(2)3)17-11-12-18-19(15-17)22(6,7)14-13-21(18,4)5/h10-12,15H,8-9,13-14H2,1-7H3/b20-10-. The zero-order chi connectivity index (χ0) is 17.3. The van der Waals surface area contributed by atoms with Gasteiger partial charge in [-0.05, 0) is 61.1 Å². The van der Waals surface area contributed by atoms with Crippen molar-refractivity contribution in [1.29, 1.82) is 0 Å². The average Bonchev–Trinajstić information content (AvgIpc) is 2.48. The molecule has 1 aromatic carbocycles. The van der Waals surface area contributed by atoms with Crippen LogP contribution >= 0.6 is 0 Å². The quantitative estimate of drug-likeness (QED) is 0.551. The van der Waals surface area contributed by atoms with Crippen LogP contribution in [-0.2, 0) is 10.8 Å². The molecule has 126 valence electrons. The van der Waals surface area contributed by atoms with E-state index in [1.165, 1.54) is 29.5 Å². The van der Waals surface area contributed by atoms with E-state index >= 15 is 0 Å². The monoisotopic (exact) mass is 311 g/mol. The molecule has 0 fully saturated rings. The SMILES string of the molecule is CCC/C=C(\N=C(C)C)c1ccc2c(c1)C(C)(C)CCC2(C)C. The number of unbranched alkanes of at least 4 members (excludes halogenated alkanes) is 1. The molecule has 0 saturated heterocycles. The summed E-state index contributed by atoms with van der Waals surface area (Å²) in [5.74, 6) is 0. The summed E-state index contributed by atoms with van der Waals surface area (Å²) in [6.07, 6.45) is 7.04. The van der Waals surface area contributed by atoms with Crippen LogP contribution < -0.4 is 0 Å². The molecule has 0 atom stereocenters. The Morgan fingerprint density at radius 1 is 1.04 bits per heavy atom. The molecule has 23 heavy (non-hydrogen) atoms.